The molecule has 206 valence electrons. The minimum atomic E-state index is -1.20. The molecule has 2 aromatic carbocycles. The quantitative estimate of drug-likeness (QED) is 0.306. The topological polar surface area (TPSA) is 157 Å². The Labute approximate surface area is 234 Å². The number of aliphatic carboxylic acids is 1. The van der Waals surface area contributed by atoms with Crippen molar-refractivity contribution in [1.29, 1.82) is 0 Å². The third-order valence-electron chi connectivity index (χ3n) is 7.10. The van der Waals surface area contributed by atoms with E-state index in [0.29, 0.717) is 29.0 Å². The third-order valence-corrected chi connectivity index (χ3v) is 8.51. The number of carbonyl (C=O) groups is 3. The average Bonchev–Trinajstić information content (AvgIpc) is 2.94. The van der Waals surface area contributed by atoms with Crippen LogP contribution < -0.4 is 11.3 Å². The summed E-state index contributed by atoms with van der Waals surface area (Å²) in [4.78, 5) is 57.6. The molecule has 1 saturated heterocycles. The van der Waals surface area contributed by atoms with Crippen molar-refractivity contribution in [3.8, 4) is 5.75 Å². The summed E-state index contributed by atoms with van der Waals surface area (Å²) in [6.07, 6.45) is 0.426. The Bertz CT molecular complexity index is 1550. The Morgan fingerprint density at radius 2 is 1.80 bits per heavy atom. The predicted molar refractivity (Wildman–Crippen MR) is 149 cm³/mol. The zero-order chi connectivity index (χ0) is 28.6. The molecule has 0 radical (unpaired) electrons. The van der Waals surface area contributed by atoms with E-state index in [1.54, 1.807) is 73.7 Å². The maximum atomic E-state index is 13.8. The SMILES string of the molecule is CC1=C(C(=O)O)N2C(=O)[C@@H](N(Cc3ccc(Cc4ccc(O)cc4)[nH]c3=O)C(=O)[C@H](N)c3ccccc3)[C@H]2SC1. The number of phenolic OH excluding ortho intramolecular Hbond substituents is 1. The van der Waals surface area contributed by atoms with Crippen LogP contribution in [-0.4, -0.2) is 59.9 Å². The number of thioether (sulfide) groups is 1. The third kappa shape index (κ3) is 5.13. The summed E-state index contributed by atoms with van der Waals surface area (Å²) >= 11 is 1.37. The first-order chi connectivity index (χ1) is 19.2. The lowest BCUT2D eigenvalue weighted by Gasteiger charge is -2.53. The fourth-order valence-electron chi connectivity index (χ4n) is 4.99. The molecule has 3 aromatic rings. The van der Waals surface area contributed by atoms with Gasteiger partial charge in [0.2, 0.25) is 5.91 Å². The number of carbonyl (C=O) groups excluding carboxylic acids is 2. The molecule has 2 aliphatic rings. The number of aromatic amines is 1. The lowest BCUT2D eigenvalue weighted by atomic mass is 9.98. The lowest BCUT2D eigenvalue weighted by Crippen LogP contribution is -2.71. The minimum absolute atomic E-state index is 0.0683. The van der Waals surface area contributed by atoms with E-state index in [4.69, 9.17) is 5.73 Å². The Morgan fingerprint density at radius 3 is 2.45 bits per heavy atom. The molecule has 0 unspecified atom stereocenters. The number of carboxylic acid groups (broad SMARTS) is 1. The number of hydrogen-bond donors (Lipinski definition) is 4. The maximum absolute atomic E-state index is 13.8. The van der Waals surface area contributed by atoms with E-state index in [0.717, 1.165) is 5.56 Å². The number of pyridine rings is 1. The molecular weight excluding hydrogens is 532 g/mol. The molecule has 5 N–H and O–H groups in total. The molecule has 11 heteroatoms. The van der Waals surface area contributed by atoms with Crippen LogP contribution in [0.3, 0.4) is 0 Å². The van der Waals surface area contributed by atoms with Crippen LogP contribution >= 0.6 is 11.8 Å². The number of fused-ring (bicyclic) bond motifs is 1. The number of β-lactam (4-membered cyclic amide) rings is 1. The molecule has 3 atom stereocenters. The summed E-state index contributed by atoms with van der Waals surface area (Å²) < 4.78 is 0. The molecule has 0 spiro atoms. The molecule has 0 saturated carbocycles. The maximum Gasteiger partial charge on any atom is 0.352 e. The van der Waals surface area contributed by atoms with Gasteiger partial charge in [0.15, 0.2) is 0 Å². The number of amides is 2. The number of hydrogen-bond acceptors (Lipinski definition) is 7. The summed E-state index contributed by atoms with van der Waals surface area (Å²) in [5.74, 6) is -1.73. The van der Waals surface area contributed by atoms with Gasteiger partial charge >= 0.3 is 5.97 Å². The largest absolute Gasteiger partial charge is 0.508 e. The molecule has 0 aliphatic carbocycles. The van der Waals surface area contributed by atoms with Gasteiger partial charge in [0, 0.05) is 23.4 Å². The summed E-state index contributed by atoms with van der Waals surface area (Å²) in [6, 6.07) is 16.7. The second kappa shape index (κ2) is 11.0. The Balaban J connectivity index is 1.45. The molecule has 0 bridgehead atoms. The standard InChI is InChI=1S/C29H28N4O6S/c1-16-15-40-28-24(27(37)33(28)23(16)29(38)39)32(26(36)22(30)18-5-3-2-4-6-18)14-19-9-10-20(31-25(19)35)13-17-7-11-21(34)12-8-17/h2-12,22,24,28,34H,13-15,30H2,1H3,(H,31,35)(H,38,39)/t22-,24-,28-/m1/s1. The van der Waals surface area contributed by atoms with Crippen molar-refractivity contribution in [2.24, 2.45) is 5.73 Å². The van der Waals surface area contributed by atoms with E-state index in [9.17, 15) is 29.4 Å². The van der Waals surface area contributed by atoms with Gasteiger partial charge in [0.05, 0.1) is 6.54 Å². The zero-order valence-electron chi connectivity index (χ0n) is 21.6. The van der Waals surface area contributed by atoms with Crippen molar-refractivity contribution in [3.63, 3.8) is 0 Å². The van der Waals surface area contributed by atoms with Gasteiger partial charge in [-0.3, -0.25) is 19.3 Å². The highest BCUT2D eigenvalue weighted by Gasteiger charge is 2.57. The Kier molecular flexibility index (Phi) is 7.51. The van der Waals surface area contributed by atoms with Crippen LogP contribution in [0, 0.1) is 0 Å². The van der Waals surface area contributed by atoms with Crippen molar-refractivity contribution >= 4 is 29.5 Å². The molecule has 10 nitrogen and oxygen atoms in total. The van der Waals surface area contributed by atoms with Crippen LogP contribution in [-0.2, 0) is 27.3 Å². The van der Waals surface area contributed by atoms with Crippen molar-refractivity contribution in [2.45, 2.75) is 37.3 Å². The molecule has 2 aliphatic heterocycles. The number of phenols is 1. The summed E-state index contributed by atoms with van der Waals surface area (Å²) in [5.41, 5.74) is 8.78. The molecule has 1 aromatic heterocycles. The van der Waals surface area contributed by atoms with Crippen molar-refractivity contribution in [1.82, 2.24) is 14.8 Å². The summed E-state index contributed by atoms with van der Waals surface area (Å²) in [6.45, 7) is 1.49. The number of benzene rings is 2. The van der Waals surface area contributed by atoms with Crippen molar-refractivity contribution < 1.29 is 24.6 Å². The number of nitrogens with zero attached hydrogens (tertiary/aromatic N) is 2. The molecule has 2 amide bonds. The highest BCUT2D eigenvalue weighted by Crippen LogP contribution is 2.43. The second-order valence-electron chi connectivity index (χ2n) is 9.82. The van der Waals surface area contributed by atoms with Crippen molar-refractivity contribution in [3.05, 3.63) is 111 Å². The van der Waals surface area contributed by atoms with Gasteiger partial charge in [-0.05, 0) is 47.9 Å². The predicted octanol–water partition coefficient (Wildman–Crippen LogP) is 2.34. The number of nitrogens with two attached hydrogens (primary N) is 1. The van der Waals surface area contributed by atoms with Gasteiger partial charge in [-0.25, -0.2) is 4.79 Å². The normalized spacial score (nSPS) is 19.1. The smallest absolute Gasteiger partial charge is 0.352 e. The number of H-pyrrole nitrogens is 1. The number of carboxylic acids is 1. The summed E-state index contributed by atoms with van der Waals surface area (Å²) in [5, 5.41) is 18.6. The molecular formula is C29H28N4O6S. The number of nitrogens with one attached hydrogen (secondary N) is 1. The van der Waals surface area contributed by atoms with Crippen molar-refractivity contribution in [2.75, 3.05) is 5.75 Å². The first-order valence-electron chi connectivity index (χ1n) is 12.6. The van der Waals surface area contributed by atoms with Gasteiger partial charge in [0.25, 0.3) is 11.5 Å². The van der Waals surface area contributed by atoms with Gasteiger partial charge < -0.3 is 25.8 Å². The van der Waals surface area contributed by atoms with Crippen LogP contribution in [0.4, 0.5) is 0 Å². The summed E-state index contributed by atoms with van der Waals surface area (Å²) in [7, 11) is 0. The first kappa shape index (κ1) is 27.2. The minimum Gasteiger partial charge on any atom is -0.508 e. The van der Waals surface area contributed by atoms with E-state index in [-0.39, 0.29) is 23.6 Å². The second-order valence-corrected chi connectivity index (χ2v) is 10.9. The van der Waals surface area contributed by atoms with Crippen LogP contribution in [0.5, 0.6) is 5.75 Å². The molecule has 5 rings (SSSR count). The monoisotopic (exact) mass is 560 g/mol. The van der Waals surface area contributed by atoms with E-state index < -0.39 is 40.8 Å². The number of rotatable bonds is 8. The highest BCUT2D eigenvalue weighted by molar-refractivity contribution is 8.00. The van der Waals surface area contributed by atoms with Gasteiger partial charge in [-0.15, -0.1) is 11.8 Å². The Morgan fingerprint density at radius 1 is 1.10 bits per heavy atom. The average molecular weight is 561 g/mol. The zero-order valence-corrected chi connectivity index (χ0v) is 22.4. The van der Waals surface area contributed by atoms with E-state index in [1.165, 1.54) is 21.6 Å². The van der Waals surface area contributed by atoms with Gasteiger partial charge in [-0.1, -0.05) is 42.5 Å². The Hall–Kier alpha value is -4.35. The molecule has 1 fully saturated rings. The number of aromatic hydroxyl groups is 1. The van der Waals surface area contributed by atoms with Crippen LogP contribution in [0.25, 0.3) is 0 Å². The van der Waals surface area contributed by atoms with Crippen LogP contribution in [0.1, 0.15) is 35.3 Å². The number of aromatic nitrogens is 1. The fourth-order valence-corrected chi connectivity index (χ4v) is 6.36. The molecule has 40 heavy (non-hydrogen) atoms. The van der Waals surface area contributed by atoms with E-state index in [1.807, 2.05) is 0 Å². The molecule has 3 heterocycles. The van der Waals surface area contributed by atoms with Gasteiger partial charge in [0.1, 0.15) is 28.9 Å². The van der Waals surface area contributed by atoms with E-state index in [2.05, 4.69) is 4.98 Å². The highest BCUT2D eigenvalue weighted by atomic mass is 32.2. The first-order valence-corrected chi connectivity index (χ1v) is 13.7. The fraction of sp³-hybridized carbons (Fsp3) is 0.241. The van der Waals surface area contributed by atoms with Gasteiger partial charge in [-0.2, -0.15) is 0 Å². The van der Waals surface area contributed by atoms with Crippen LogP contribution in [0.15, 0.2) is 82.8 Å². The van der Waals surface area contributed by atoms with E-state index >= 15 is 0 Å². The lowest BCUT2D eigenvalue weighted by molar-refractivity contribution is -0.161. The van der Waals surface area contributed by atoms with Crippen LogP contribution in [0.2, 0.25) is 0 Å².